The lowest BCUT2D eigenvalue weighted by atomic mass is 9.87. The third-order valence-corrected chi connectivity index (χ3v) is 3.21. The SMILES string of the molecule is CC1CCCN(C(=O)OC(C)(C)C)C1(C)N. The lowest BCUT2D eigenvalue weighted by molar-refractivity contribution is -0.0253. The van der Waals surface area contributed by atoms with E-state index in [9.17, 15) is 4.79 Å². The van der Waals surface area contributed by atoms with Crippen LogP contribution in [0.2, 0.25) is 0 Å². The quantitative estimate of drug-likeness (QED) is 0.692. The fourth-order valence-electron chi connectivity index (χ4n) is 1.96. The normalized spacial score (nSPS) is 31.4. The summed E-state index contributed by atoms with van der Waals surface area (Å²) in [7, 11) is 0. The number of piperidine rings is 1. The first-order valence-electron chi connectivity index (χ1n) is 5.94. The van der Waals surface area contributed by atoms with Crippen molar-refractivity contribution in [2.24, 2.45) is 11.7 Å². The van der Waals surface area contributed by atoms with Crippen LogP contribution in [0.25, 0.3) is 0 Å². The molecular weight excluding hydrogens is 204 g/mol. The lowest BCUT2D eigenvalue weighted by Gasteiger charge is -2.46. The summed E-state index contributed by atoms with van der Waals surface area (Å²) in [6.45, 7) is 10.3. The Morgan fingerprint density at radius 3 is 2.56 bits per heavy atom. The molecule has 2 unspecified atom stereocenters. The van der Waals surface area contributed by atoms with E-state index in [-0.39, 0.29) is 6.09 Å². The van der Waals surface area contributed by atoms with Crippen LogP contribution in [0.15, 0.2) is 0 Å². The second-order valence-corrected chi connectivity index (χ2v) is 5.90. The van der Waals surface area contributed by atoms with Gasteiger partial charge < -0.3 is 10.5 Å². The second kappa shape index (κ2) is 4.24. The number of carbonyl (C=O) groups is 1. The Hall–Kier alpha value is -0.770. The summed E-state index contributed by atoms with van der Waals surface area (Å²) in [6, 6.07) is 0. The molecule has 0 aromatic carbocycles. The van der Waals surface area contributed by atoms with Gasteiger partial charge in [0.05, 0.1) is 5.66 Å². The van der Waals surface area contributed by atoms with Crippen LogP contribution in [0.3, 0.4) is 0 Å². The molecule has 1 aliphatic heterocycles. The van der Waals surface area contributed by atoms with Gasteiger partial charge in [-0.3, -0.25) is 4.90 Å². The van der Waals surface area contributed by atoms with Crippen molar-refractivity contribution in [3.05, 3.63) is 0 Å². The smallest absolute Gasteiger partial charge is 0.411 e. The van der Waals surface area contributed by atoms with Gasteiger partial charge in [-0.15, -0.1) is 0 Å². The molecule has 16 heavy (non-hydrogen) atoms. The first-order valence-corrected chi connectivity index (χ1v) is 5.94. The van der Waals surface area contributed by atoms with E-state index in [1.807, 2.05) is 27.7 Å². The van der Waals surface area contributed by atoms with Gasteiger partial charge in [-0.05, 0) is 46.5 Å². The largest absolute Gasteiger partial charge is 0.444 e. The van der Waals surface area contributed by atoms with Gasteiger partial charge >= 0.3 is 6.09 Å². The van der Waals surface area contributed by atoms with Crippen LogP contribution in [0, 0.1) is 5.92 Å². The lowest BCUT2D eigenvalue weighted by Crippen LogP contribution is -2.63. The van der Waals surface area contributed by atoms with Crippen LogP contribution in [0.4, 0.5) is 4.79 Å². The number of nitrogens with zero attached hydrogens (tertiary/aromatic N) is 1. The summed E-state index contributed by atoms with van der Waals surface area (Å²) in [6.07, 6.45) is 1.75. The average molecular weight is 228 g/mol. The summed E-state index contributed by atoms with van der Waals surface area (Å²) < 4.78 is 5.37. The Kier molecular flexibility index (Phi) is 3.53. The van der Waals surface area contributed by atoms with E-state index in [2.05, 4.69) is 6.92 Å². The number of hydrogen-bond acceptors (Lipinski definition) is 3. The molecule has 1 fully saturated rings. The van der Waals surface area contributed by atoms with E-state index in [0.717, 1.165) is 12.8 Å². The summed E-state index contributed by atoms with van der Waals surface area (Å²) in [5.41, 5.74) is 5.15. The monoisotopic (exact) mass is 228 g/mol. The Morgan fingerprint density at radius 2 is 2.06 bits per heavy atom. The molecule has 4 nitrogen and oxygen atoms in total. The molecule has 1 amide bonds. The fraction of sp³-hybridized carbons (Fsp3) is 0.917. The van der Waals surface area contributed by atoms with Crippen LogP contribution in [0.5, 0.6) is 0 Å². The highest BCUT2D eigenvalue weighted by Crippen LogP contribution is 2.30. The molecule has 2 atom stereocenters. The van der Waals surface area contributed by atoms with E-state index in [0.29, 0.717) is 12.5 Å². The first-order chi connectivity index (χ1) is 7.14. The summed E-state index contributed by atoms with van der Waals surface area (Å²) >= 11 is 0. The number of carbonyl (C=O) groups excluding carboxylic acids is 1. The van der Waals surface area contributed by atoms with Crippen LogP contribution >= 0.6 is 0 Å². The van der Waals surface area contributed by atoms with Crippen molar-refractivity contribution in [1.29, 1.82) is 0 Å². The second-order valence-electron chi connectivity index (χ2n) is 5.90. The standard InChI is InChI=1S/C12H24N2O2/c1-9-7-6-8-14(12(9,5)13)10(15)16-11(2,3)4/h9H,6-8,13H2,1-5H3. The predicted octanol–water partition coefficient (Wildman–Crippen LogP) is 2.33. The van der Waals surface area contributed by atoms with E-state index in [1.165, 1.54) is 0 Å². The molecule has 94 valence electrons. The van der Waals surface area contributed by atoms with Gasteiger partial charge in [-0.1, -0.05) is 6.92 Å². The minimum atomic E-state index is -0.597. The van der Waals surface area contributed by atoms with Crippen molar-refractivity contribution in [2.75, 3.05) is 6.54 Å². The average Bonchev–Trinajstić information content (AvgIpc) is 2.06. The van der Waals surface area contributed by atoms with Crippen molar-refractivity contribution in [3.8, 4) is 0 Å². The van der Waals surface area contributed by atoms with Crippen LogP contribution in [-0.4, -0.2) is 28.8 Å². The number of nitrogens with two attached hydrogens (primary N) is 1. The maximum atomic E-state index is 12.0. The highest BCUT2D eigenvalue weighted by atomic mass is 16.6. The Balaban J connectivity index is 2.75. The number of rotatable bonds is 0. The van der Waals surface area contributed by atoms with Gasteiger partial charge in [0.1, 0.15) is 5.60 Å². The molecule has 0 saturated carbocycles. The minimum absolute atomic E-state index is 0.300. The van der Waals surface area contributed by atoms with Crippen molar-refractivity contribution >= 4 is 6.09 Å². The molecule has 0 bridgehead atoms. The molecule has 4 heteroatoms. The van der Waals surface area contributed by atoms with Crippen molar-refractivity contribution in [3.63, 3.8) is 0 Å². The van der Waals surface area contributed by atoms with Crippen LogP contribution in [-0.2, 0) is 4.74 Å². The molecule has 0 aromatic rings. The molecule has 1 rings (SSSR count). The molecule has 1 heterocycles. The number of amides is 1. The maximum absolute atomic E-state index is 12.0. The molecular formula is C12H24N2O2. The van der Waals surface area contributed by atoms with Crippen LogP contribution in [0.1, 0.15) is 47.5 Å². The third-order valence-electron chi connectivity index (χ3n) is 3.21. The summed E-state index contributed by atoms with van der Waals surface area (Å²) in [4.78, 5) is 13.7. The molecule has 0 aliphatic carbocycles. The third kappa shape index (κ3) is 2.88. The van der Waals surface area contributed by atoms with E-state index < -0.39 is 11.3 Å². The van der Waals surface area contributed by atoms with Crippen molar-refractivity contribution < 1.29 is 9.53 Å². The molecule has 1 aliphatic rings. The molecule has 0 radical (unpaired) electrons. The van der Waals surface area contributed by atoms with Crippen molar-refractivity contribution in [2.45, 2.75) is 58.7 Å². The van der Waals surface area contributed by atoms with Gasteiger partial charge in [0.15, 0.2) is 0 Å². The van der Waals surface area contributed by atoms with Gasteiger partial charge in [0.25, 0.3) is 0 Å². The van der Waals surface area contributed by atoms with Crippen molar-refractivity contribution in [1.82, 2.24) is 4.90 Å². The number of likely N-dealkylation sites (tertiary alicyclic amines) is 1. The summed E-state index contributed by atoms with van der Waals surface area (Å²) in [5.74, 6) is 0.300. The first kappa shape index (κ1) is 13.3. The zero-order valence-electron chi connectivity index (χ0n) is 11.0. The molecule has 2 N–H and O–H groups in total. The van der Waals surface area contributed by atoms with E-state index >= 15 is 0 Å². The zero-order chi connectivity index (χ0) is 12.6. The highest BCUT2D eigenvalue weighted by molar-refractivity contribution is 5.69. The topological polar surface area (TPSA) is 55.6 Å². The van der Waals surface area contributed by atoms with Crippen LogP contribution < -0.4 is 5.73 Å². The van der Waals surface area contributed by atoms with Gasteiger partial charge in [-0.25, -0.2) is 4.79 Å². The van der Waals surface area contributed by atoms with E-state index in [4.69, 9.17) is 10.5 Å². The molecule has 1 saturated heterocycles. The maximum Gasteiger partial charge on any atom is 0.411 e. The minimum Gasteiger partial charge on any atom is -0.444 e. The number of ether oxygens (including phenoxy) is 1. The Morgan fingerprint density at radius 1 is 1.50 bits per heavy atom. The summed E-state index contributed by atoms with van der Waals surface area (Å²) in [5, 5.41) is 0. The van der Waals surface area contributed by atoms with E-state index in [1.54, 1.807) is 4.90 Å². The highest BCUT2D eigenvalue weighted by Gasteiger charge is 2.41. The fourth-order valence-corrected chi connectivity index (χ4v) is 1.96. The molecule has 0 aromatic heterocycles. The Bertz CT molecular complexity index is 269. The molecule has 0 spiro atoms. The van der Waals surface area contributed by atoms with Gasteiger partial charge in [0, 0.05) is 6.54 Å². The number of hydrogen-bond donors (Lipinski definition) is 1. The predicted molar refractivity (Wildman–Crippen MR) is 63.9 cm³/mol. The van der Waals surface area contributed by atoms with Gasteiger partial charge in [0.2, 0.25) is 0 Å². The zero-order valence-corrected chi connectivity index (χ0v) is 11.0. The Labute approximate surface area is 98.1 Å². The van der Waals surface area contributed by atoms with Gasteiger partial charge in [-0.2, -0.15) is 0 Å².